The van der Waals surface area contributed by atoms with E-state index in [1.165, 1.54) is 0 Å². The van der Waals surface area contributed by atoms with E-state index < -0.39 is 0 Å². The molecule has 0 aromatic heterocycles. The number of hydrogen-bond donors (Lipinski definition) is 0. The van der Waals surface area contributed by atoms with Gasteiger partial charge < -0.3 is 4.74 Å². The highest BCUT2D eigenvalue weighted by Gasteiger charge is 2.33. The van der Waals surface area contributed by atoms with Crippen LogP contribution >= 0.6 is 15.9 Å². The fraction of sp³-hybridized carbons (Fsp3) is 0.417. The normalized spacial score (nSPS) is 18.3. The van der Waals surface area contributed by atoms with Gasteiger partial charge in [0.1, 0.15) is 11.4 Å². The number of hydrogen-bond acceptors (Lipinski definition) is 2. The fourth-order valence-corrected chi connectivity index (χ4v) is 2.44. The van der Waals surface area contributed by atoms with Gasteiger partial charge in [0, 0.05) is 4.47 Å². The molecule has 0 atom stereocenters. The summed E-state index contributed by atoms with van der Waals surface area (Å²) in [7, 11) is 0. The number of carbonyl (C=O) groups is 1. The second-order valence-corrected chi connectivity index (χ2v) is 5.48. The third-order valence-electron chi connectivity index (χ3n) is 2.50. The van der Waals surface area contributed by atoms with E-state index in [-0.39, 0.29) is 11.4 Å². The maximum absolute atomic E-state index is 11.9. The molecule has 0 radical (unpaired) electrons. The fourth-order valence-electron chi connectivity index (χ4n) is 1.87. The van der Waals surface area contributed by atoms with Crippen molar-refractivity contribution in [3.05, 3.63) is 27.7 Å². The SMILES string of the molecule is Cc1cc(Br)cc2c1OC(C)(C)CC2=O. The Kier molecular flexibility index (Phi) is 2.38. The molecular weight excluding hydrogens is 256 g/mol. The van der Waals surface area contributed by atoms with E-state index in [0.29, 0.717) is 12.0 Å². The number of Topliss-reactive ketones (excluding diaryl/α,β-unsaturated/α-hetero) is 1. The molecule has 0 saturated carbocycles. The van der Waals surface area contributed by atoms with Gasteiger partial charge in [0.2, 0.25) is 0 Å². The average molecular weight is 269 g/mol. The lowest BCUT2D eigenvalue weighted by molar-refractivity contribution is 0.0615. The van der Waals surface area contributed by atoms with Crippen LogP contribution in [0.2, 0.25) is 0 Å². The molecule has 0 aliphatic carbocycles. The molecule has 1 aromatic rings. The third kappa shape index (κ3) is 1.93. The van der Waals surface area contributed by atoms with Crippen molar-refractivity contribution in [3.8, 4) is 5.75 Å². The van der Waals surface area contributed by atoms with E-state index in [1.54, 1.807) is 0 Å². The van der Waals surface area contributed by atoms with Crippen molar-refractivity contribution < 1.29 is 9.53 Å². The van der Waals surface area contributed by atoms with Crippen molar-refractivity contribution in [1.82, 2.24) is 0 Å². The predicted molar refractivity (Wildman–Crippen MR) is 62.5 cm³/mol. The van der Waals surface area contributed by atoms with Crippen LogP contribution < -0.4 is 4.74 Å². The van der Waals surface area contributed by atoms with E-state index in [9.17, 15) is 4.79 Å². The van der Waals surface area contributed by atoms with Gasteiger partial charge in [-0.15, -0.1) is 0 Å². The van der Waals surface area contributed by atoms with E-state index >= 15 is 0 Å². The van der Waals surface area contributed by atoms with E-state index in [0.717, 1.165) is 15.8 Å². The molecule has 3 heteroatoms. The van der Waals surface area contributed by atoms with Crippen molar-refractivity contribution >= 4 is 21.7 Å². The van der Waals surface area contributed by atoms with Gasteiger partial charge in [-0.3, -0.25) is 4.79 Å². The van der Waals surface area contributed by atoms with E-state index in [2.05, 4.69) is 15.9 Å². The van der Waals surface area contributed by atoms with E-state index in [1.807, 2.05) is 32.9 Å². The van der Waals surface area contributed by atoms with Crippen molar-refractivity contribution in [2.75, 3.05) is 0 Å². The summed E-state index contributed by atoms with van der Waals surface area (Å²) in [5, 5.41) is 0. The summed E-state index contributed by atoms with van der Waals surface area (Å²) >= 11 is 3.39. The first-order valence-electron chi connectivity index (χ1n) is 4.91. The van der Waals surface area contributed by atoms with Crippen LogP contribution in [0.5, 0.6) is 5.75 Å². The van der Waals surface area contributed by atoms with Gasteiger partial charge >= 0.3 is 0 Å². The highest BCUT2D eigenvalue weighted by Crippen LogP contribution is 2.37. The second-order valence-electron chi connectivity index (χ2n) is 4.56. The standard InChI is InChI=1S/C12H13BrO2/c1-7-4-8(13)5-9-10(14)6-12(2,3)15-11(7)9/h4-5H,6H2,1-3H3. The van der Waals surface area contributed by atoms with Crippen LogP contribution in [-0.4, -0.2) is 11.4 Å². The Balaban J connectivity index is 2.60. The van der Waals surface area contributed by atoms with Gasteiger partial charge in [0.25, 0.3) is 0 Å². The first-order valence-corrected chi connectivity index (χ1v) is 5.71. The molecule has 2 rings (SSSR count). The van der Waals surface area contributed by atoms with Gasteiger partial charge in [-0.05, 0) is 38.5 Å². The van der Waals surface area contributed by atoms with Crippen molar-refractivity contribution in [2.45, 2.75) is 32.8 Å². The smallest absolute Gasteiger partial charge is 0.170 e. The summed E-state index contributed by atoms with van der Waals surface area (Å²) in [6, 6.07) is 3.80. The minimum atomic E-state index is -0.386. The Hall–Kier alpha value is -0.830. The first kappa shape index (κ1) is 10.7. The minimum Gasteiger partial charge on any atom is -0.486 e. The largest absolute Gasteiger partial charge is 0.486 e. The summed E-state index contributed by atoms with van der Waals surface area (Å²) in [4.78, 5) is 11.9. The molecule has 0 N–H and O–H groups in total. The molecule has 1 aromatic carbocycles. The number of rotatable bonds is 0. The molecule has 0 bridgehead atoms. The number of aryl methyl sites for hydroxylation is 1. The molecular formula is C12H13BrO2. The minimum absolute atomic E-state index is 0.158. The monoisotopic (exact) mass is 268 g/mol. The molecule has 15 heavy (non-hydrogen) atoms. The van der Waals surface area contributed by atoms with Crippen LogP contribution in [-0.2, 0) is 0 Å². The first-order chi connectivity index (χ1) is 6.89. The lowest BCUT2D eigenvalue weighted by Crippen LogP contribution is -2.36. The van der Waals surface area contributed by atoms with Gasteiger partial charge in [-0.2, -0.15) is 0 Å². The Morgan fingerprint density at radius 2 is 2.07 bits per heavy atom. The van der Waals surface area contributed by atoms with Crippen molar-refractivity contribution in [1.29, 1.82) is 0 Å². The third-order valence-corrected chi connectivity index (χ3v) is 2.96. The van der Waals surface area contributed by atoms with E-state index in [4.69, 9.17) is 4.74 Å². The van der Waals surface area contributed by atoms with Crippen LogP contribution in [0.15, 0.2) is 16.6 Å². The number of carbonyl (C=O) groups excluding carboxylic acids is 1. The van der Waals surface area contributed by atoms with Gasteiger partial charge in [-0.1, -0.05) is 15.9 Å². The summed E-state index contributed by atoms with van der Waals surface area (Å²) in [5.41, 5.74) is 1.31. The summed E-state index contributed by atoms with van der Waals surface area (Å²) in [5.74, 6) is 0.894. The predicted octanol–water partition coefficient (Wildman–Crippen LogP) is 3.50. The number of ether oxygens (including phenoxy) is 1. The molecule has 0 saturated heterocycles. The number of halogens is 1. The Labute approximate surface area is 97.8 Å². The van der Waals surface area contributed by atoms with Crippen LogP contribution in [0.4, 0.5) is 0 Å². The number of benzene rings is 1. The molecule has 1 aliphatic heterocycles. The zero-order valence-electron chi connectivity index (χ0n) is 9.06. The Morgan fingerprint density at radius 3 is 2.73 bits per heavy atom. The Morgan fingerprint density at radius 1 is 1.40 bits per heavy atom. The molecule has 1 heterocycles. The molecule has 2 nitrogen and oxygen atoms in total. The summed E-state index contributed by atoms with van der Waals surface area (Å²) in [6.45, 7) is 5.84. The average Bonchev–Trinajstić information content (AvgIpc) is 2.06. The molecule has 80 valence electrons. The van der Waals surface area contributed by atoms with Crippen LogP contribution in [0.25, 0.3) is 0 Å². The Bertz CT molecular complexity index is 435. The zero-order valence-corrected chi connectivity index (χ0v) is 10.6. The highest BCUT2D eigenvalue weighted by atomic mass is 79.9. The highest BCUT2D eigenvalue weighted by molar-refractivity contribution is 9.10. The number of ketones is 1. The lowest BCUT2D eigenvalue weighted by atomic mass is 9.92. The maximum atomic E-state index is 11.9. The molecule has 0 fully saturated rings. The van der Waals surface area contributed by atoms with Gasteiger partial charge in [-0.25, -0.2) is 0 Å². The molecule has 0 amide bonds. The molecule has 1 aliphatic rings. The van der Waals surface area contributed by atoms with Crippen molar-refractivity contribution in [2.24, 2.45) is 0 Å². The van der Waals surface area contributed by atoms with Crippen LogP contribution in [0.3, 0.4) is 0 Å². The summed E-state index contributed by atoms with van der Waals surface area (Å²) in [6.07, 6.45) is 0.440. The van der Waals surface area contributed by atoms with Crippen molar-refractivity contribution in [3.63, 3.8) is 0 Å². The topological polar surface area (TPSA) is 26.3 Å². The number of fused-ring (bicyclic) bond motifs is 1. The van der Waals surface area contributed by atoms with Crippen LogP contribution in [0, 0.1) is 6.92 Å². The lowest BCUT2D eigenvalue weighted by Gasteiger charge is -2.32. The quantitative estimate of drug-likeness (QED) is 0.720. The van der Waals surface area contributed by atoms with Gasteiger partial charge in [0.05, 0.1) is 12.0 Å². The summed E-state index contributed by atoms with van der Waals surface area (Å²) < 4.78 is 6.76. The second kappa shape index (κ2) is 3.34. The molecule has 0 spiro atoms. The zero-order chi connectivity index (χ0) is 11.2. The maximum Gasteiger partial charge on any atom is 0.170 e. The van der Waals surface area contributed by atoms with Gasteiger partial charge in [0.15, 0.2) is 5.78 Å². The van der Waals surface area contributed by atoms with Crippen LogP contribution in [0.1, 0.15) is 36.2 Å². The molecule has 0 unspecified atom stereocenters.